The average molecular weight is 367 g/mol. The molecule has 0 radical (unpaired) electrons. The van der Waals surface area contributed by atoms with Crippen LogP contribution >= 0.6 is 23.4 Å². The summed E-state index contributed by atoms with van der Waals surface area (Å²) in [4.78, 5) is 14.0. The first kappa shape index (κ1) is 17.1. The van der Waals surface area contributed by atoms with Gasteiger partial charge >= 0.3 is 5.97 Å². The third-order valence-electron chi connectivity index (χ3n) is 3.91. The molecule has 1 unspecified atom stereocenters. The van der Waals surface area contributed by atoms with E-state index in [9.17, 15) is 4.79 Å². The summed E-state index contributed by atoms with van der Waals surface area (Å²) in [6.45, 7) is 3.68. The maximum absolute atomic E-state index is 11.8. The SMILES string of the molecule is COC(=O)C(C)Sc1nnc(N2CCCC2)n1-c1ccccc1Cl. The second-order valence-corrected chi connectivity index (χ2v) is 7.26. The van der Waals surface area contributed by atoms with Gasteiger partial charge in [0.05, 0.1) is 17.8 Å². The van der Waals surface area contributed by atoms with Gasteiger partial charge in [-0.1, -0.05) is 35.5 Å². The lowest BCUT2D eigenvalue weighted by Gasteiger charge is -2.19. The van der Waals surface area contributed by atoms with Gasteiger partial charge in [-0.25, -0.2) is 0 Å². The molecular weight excluding hydrogens is 348 g/mol. The first-order valence-corrected chi connectivity index (χ1v) is 9.07. The second kappa shape index (κ2) is 7.44. The summed E-state index contributed by atoms with van der Waals surface area (Å²) in [5.74, 6) is 0.469. The van der Waals surface area contributed by atoms with Crippen LogP contribution in [0.25, 0.3) is 5.69 Å². The molecule has 128 valence electrons. The Labute approximate surface area is 150 Å². The van der Waals surface area contributed by atoms with E-state index in [1.807, 2.05) is 28.8 Å². The molecule has 2 heterocycles. The third-order valence-corrected chi connectivity index (χ3v) is 5.25. The molecule has 0 spiro atoms. The second-order valence-electron chi connectivity index (χ2n) is 5.55. The lowest BCUT2D eigenvalue weighted by Crippen LogP contribution is -2.22. The third kappa shape index (κ3) is 3.37. The number of carbonyl (C=O) groups is 1. The normalized spacial score (nSPS) is 15.5. The Morgan fingerprint density at radius 2 is 2.00 bits per heavy atom. The Bertz CT molecular complexity index is 731. The molecule has 8 heteroatoms. The van der Waals surface area contributed by atoms with Crippen molar-refractivity contribution in [3.05, 3.63) is 29.3 Å². The van der Waals surface area contributed by atoms with E-state index in [2.05, 4.69) is 15.1 Å². The molecule has 0 saturated carbocycles. The Kier molecular flexibility index (Phi) is 5.30. The first-order valence-electron chi connectivity index (χ1n) is 7.81. The molecule has 6 nitrogen and oxygen atoms in total. The summed E-state index contributed by atoms with van der Waals surface area (Å²) in [5, 5.41) is 9.53. The molecule has 24 heavy (non-hydrogen) atoms. The smallest absolute Gasteiger partial charge is 0.318 e. The molecule has 0 bridgehead atoms. The van der Waals surface area contributed by atoms with Gasteiger partial charge in [-0.2, -0.15) is 0 Å². The Hall–Kier alpha value is -1.73. The number of hydrogen-bond acceptors (Lipinski definition) is 6. The Morgan fingerprint density at radius 1 is 1.29 bits per heavy atom. The molecule has 1 aromatic heterocycles. The van der Waals surface area contributed by atoms with Gasteiger partial charge in [-0.05, 0) is 31.9 Å². The minimum absolute atomic E-state index is 0.295. The van der Waals surface area contributed by atoms with Crippen molar-refractivity contribution >= 4 is 35.3 Å². The number of ether oxygens (including phenoxy) is 1. The predicted octanol–water partition coefficient (Wildman–Crippen LogP) is 3.17. The van der Waals surface area contributed by atoms with Crippen LogP contribution in [0.2, 0.25) is 5.02 Å². The minimum atomic E-state index is -0.383. The summed E-state index contributed by atoms with van der Waals surface area (Å²) in [7, 11) is 1.38. The fourth-order valence-electron chi connectivity index (χ4n) is 2.68. The number of halogens is 1. The van der Waals surface area contributed by atoms with Gasteiger partial charge in [0.15, 0.2) is 5.16 Å². The molecule has 1 atom stereocenters. The van der Waals surface area contributed by atoms with Crippen molar-refractivity contribution in [1.29, 1.82) is 0 Å². The van der Waals surface area contributed by atoms with Crippen LogP contribution in [0.4, 0.5) is 5.95 Å². The van der Waals surface area contributed by atoms with Crippen molar-refractivity contribution in [1.82, 2.24) is 14.8 Å². The number of rotatable bonds is 5. The summed E-state index contributed by atoms with van der Waals surface area (Å²) in [6, 6.07) is 7.57. The number of anilines is 1. The van der Waals surface area contributed by atoms with Crippen molar-refractivity contribution in [3.63, 3.8) is 0 Å². The van der Waals surface area contributed by atoms with E-state index < -0.39 is 0 Å². The first-order chi connectivity index (χ1) is 11.6. The summed E-state index contributed by atoms with van der Waals surface area (Å²) in [5.41, 5.74) is 0.811. The summed E-state index contributed by atoms with van der Waals surface area (Å²) >= 11 is 7.71. The number of para-hydroxylation sites is 1. The largest absolute Gasteiger partial charge is 0.468 e. The number of nitrogens with zero attached hydrogens (tertiary/aromatic N) is 4. The van der Waals surface area contributed by atoms with Crippen LogP contribution < -0.4 is 4.90 Å². The van der Waals surface area contributed by atoms with E-state index in [4.69, 9.17) is 16.3 Å². The molecular formula is C16H19ClN4O2S. The van der Waals surface area contributed by atoms with E-state index in [1.54, 1.807) is 6.92 Å². The van der Waals surface area contributed by atoms with Crippen molar-refractivity contribution in [2.45, 2.75) is 30.2 Å². The van der Waals surface area contributed by atoms with Crippen LogP contribution in [0.15, 0.2) is 29.4 Å². The summed E-state index contributed by atoms with van der Waals surface area (Å²) in [6.07, 6.45) is 2.27. The molecule has 0 amide bonds. The van der Waals surface area contributed by atoms with Crippen LogP contribution in [-0.2, 0) is 9.53 Å². The summed E-state index contributed by atoms with van der Waals surface area (Å²) < 4.78 is 6.73. The van der Waals surface area contributed by atoms with Crippen LogP contribution in [0.5, 0.6) is 0 Å². The van der Waals surface area contributed by atoms with Gasteiger partial charge in [-0.15, -0.1) is 10.2 Å². The lowest BCUT2D eigenvalue weighted by molar-refractivity contribution is -0.139. The van der Waals surface area contributed by atoms with Gasteiger partial charge in [-0.3, -0.25) is 9.36 Å². The molecule has 1 saturated heterocycles. The lowest BCUT2D eigenvalue weighted by atomic mass is 10.3. The molecule has 0 N–H and O–H groups in total. The fraction of sp³-hybridized carbons (Fsp3) is 0.438. The number of methoxy groups -OCH3 is 1. The van der Waals surface area contributed by atoms with Crippen LogP contribution in [0.3, 0.4) is 0 Å². The van der Waals surface area contributed by atoms with Crippen LogP contribution in [0.1, 0.15) is 19.8 Å². The number of esters is 1. The molecule has 2 aromatic rings. The minimum Gasteiger partial charge on any atom is -0.468 e. The van der Waals surface area contributed by atoms with Gasteiger partial charge in [0.1, 0.15) is 5.25 Å². The van der Waals surface area contributed by atoms with Gasteiger partial charge in [0.25, 0.3) is 0 Å². The van der Waals surface area contributed by atoms with Crippen molar-refractivity contribution < 1.29 is 9.53 Å². The maximum Gasteiger partial charge on any atom is 0.318 e. The fourth-order valence-corrected chi connectivity index (χ4v) is 3.78. The predicted molar refractivity (Wildman–Crippen MR) is 95.2 cm³/mol. The average Bonchev–Trinajstić information content (AvgIpc) is 3.24. The number of carbonyl (C=O) groups excluding carboxylic acids is 1. The number of benzene rings is 1. The van der Waals surface area contributed by atoms with Gasteiger partial charge < -0.3 is 9.64 Å². The van der Waals surface area contributed by atoms with Crippen molar-refractivity contribution in [3.8, 4) is 5.69 Å². The maximum atomic E-state index is 11.8. The van der Waals surface area contributed by atoms with E-state index >= 15 is 0 Å². The highest BCUT2D eigenvalue weighted by molar-refractivity contribution is 8.00. The Morgan fingerprint density at radius 3 is 2.67 bits per heavy atom. The quantitative estimate of drug-likeness (QED) is 0.598. The molecule has 1 aromatic carbocycles. The van der Waals surface area contributed by atoms with Crippen molar-refractivity contribution in [2.75, 3.05) is 25.1 Å². The van der Waals surface area contributed by atoms with Crippen LogP contribution in [0, 0.1) is 0 Å². The number of thioether (sulfide) groups is 1. The van der Waals surface area contributed by atoms with E-state index in [0.29, 0.717) is 10.2 Å². The molecule has 3 rings (SSSR count). The molecule has 1 fully saturated rings. The zero-order valence-corrected chi connectivity index (χ0v) is 15.2. The highest BCUT2D eigenvalue weighted by Gasteiger charge is 2.26. The van der Waals surface area contributed by atoms with Gasteiger partial charge in [0.2, 0.25) is 5.95 Å². The van der Waals surface area contributed by atoms with Crippen molar-refractivity contribution in [2.24, 2.45) is 0 Å². The molecule has 0 aliphatic carbocycles. The van der Waals surface area contributed by atoms with E-state index in [1.165, 1.54) is 18.9 Å². The van der Waals surface area contributed by atoms with Gasteiger partial charge in [0, 0.05) is 13.1 Å². The number of aromatic nitrogens is 3. The highest BCUT2D eigenvalue weighted by Crippen LogP contribution is 2.33. The zero-order chi connectivity index (χ0) is 17.1. The Balaban J connectivity index is 2.03. The topological polar surface area (TPSA) is 60.2 Å². The molecule has 1 aliphatic heterocycles. The monoisotopic (exact) mass is 366 g/mol. The highest BCUT2D eigenvalue weighted by atomic mass is 35.5. The van der Waals surface area contributed by atoms with E-state index in [0.717, 1.165) is 37.6 Å². The zero-order valence-electron chi connectivity index (χ0n) is 13.6. The van der Waals surface area contributed by atoms with Crippen LogP contribution in [-0.4, -0.2) is 46.2 Å². The van der Waals surface area contributed by atoms with E-state index in [-0.39, 0.29) is 11.2 Å². The standard InChI is InChI=1S/C16H19ClN4O2S/c1-11(14(22)23-2)24-16-19-18-15(20-9-5-6-10-20)21(16)13-8-4-3-7-12(13)17/h3-4,7-8,11H,5-6,9-10H2,1-2H3. The molecule has 1 aliphatic rings. The number of hydrogen-bond donors (Lipinski definition) is 0.